The molecule has 0 unspecified atom stereocenters. The van der Waals surface area contributed by atoms with E-state index in [2.05, 4.69) is 24.3 Å². The minimum atomic E-state index is -0.963. The monoisotopic (exact) mass is 280 g/mol. The van der Waals surface area contributed by atoms with Crippen LogP contribution < -0.4 is 0 Å². The summed E-state index contributed by atoms with van der Waals surface area (Å²) in [5.41, 5.74) is 3.14. The molecule has 0 spiro atoms. The topological polar surface area (TPSA) is 29.5 Å². The Morgan fingerprint density at radius 3 is 1.95 bits per heavy atom. The van der Waals surface area contributed by atoms with Gasteiger partial charge >= 0.3 is 0 Å². The Labute approximate surface area is 125 Å². The predicted octanol–water partition coefficient (Wildman–Crippen LogP) is 3.83. The van der Waals surface area contributed by atoms with Crippen molar-refractivity contribution >= 4 is 12.2 Å². The molecule has 2 aromatic carbocycles. The van der Waals surface area contributed by atoms with Crippen molar-refractivity contribution in [3.05, 3.63) is 70.8 Å². The van der Waals surface area contributed by atoms with Gasteiger partial charge in [-0.15, -0.1) is 0 Å². The third-order valence-corrected chi connectivity index (χ3v) is 4.14. The lowest BCUT2D eigenvalue weighted by Crippen LogP contribution is -2.29. The van der Waals surface area contributed by atoms with E-state index in [1.807, 2.05) is 36.4 Å². The minimum Gasteiger partial charge on any atom is -0.385 e. The molecule has 21 heavy (non-hydrogen) atoms. The zero-order chi connectivity index (χ0) is 14.7. The molecule has 0 aromatic heterocycles. The van der Waals surface area contributed by atoms with Gasteiger partial charge in [0.1, 0.15) is 5.60 Å². The average molecular weight is 280 g/mol. The fourth-order valence-corrected chi connectivity index (χ4v) is 3.10. The molecule has 0 atom stereocenters. The van der Waals surface area contributed by atoms with E-state index in [4.69, 9.17) is 4.74 Å². The fraction of sp³-hybridized carbons (Fsp3) is 0.263. The maximum Gasteiger partial charge on any atom is 0.116 e. The quantitative estimate of drug-likeness (QED) is 0.862. The van der Waals surface area contributed by atoms with Crippen LogP contribution in [0.3, 0.4) is 0 Å². The summed E-state index contributed by atoms with van der Waals surface area (Å²) in [7, 11) is 1.70. The Hall–Kier alpha value is -1.90. The minimum absolute atomic E-state index is 0.649. The van der Waals surface area contributed by atoms with Crippen molar-refractivity contribution in [2.24, 2.45) is 0 Å². The molecule has 0 fully saturated rings. The van der Waals surface area contributed by atoms with Crippen LogP contribution in [0, 0.1) is 0 Å². The molecule has 2 nitrogen and oxygen atoms in total. The van der Waals surface area contributed by atoms with Crippen LogP contribution in [0.5, 0.6) is 0 Å². The van der Waals surface area contributed by atoms with Crippen LogP contribution in [0.4, 0.5) is 0 Å². The molecule has 0 heterocycles. The van der Waals surface area contributed by atoms with Crippen LogP contribution in [-0.4, -0.2) is 18.8 Å². The first-order valence-electron chi connectivity index (χ1n) is 7.34. The number of ether oxygens (including phenoxy) is 1. The van der Waals surface area contributed by atoms with E-state index in [0.717, 1.165) is 28.7 Å². The SMILES string of the molecule is COCCCC1(O)c2ccccc2C=Cc2ccccc21. The Balaban J connectivity index is 2.14. The summed E-state index contributed by atoms with van der Waals surface area (Å²) in [6.07, 6.45) is 5.64. The number of fused-ring (bicyclic) bond motifs is 2. The Kier molecular flexibility index (Phi) is 3.91. The maximum absolute atomic E-state index is 11.5. The van der Waals surface area contributed by atoms with Crippen LogP contribution in [0.2, 0.25) is 0 Å². The number of hydrogen-bond donors (Lipinski definition) is 1. The number of rotatable bonds is 4. The molecule has 2 heteroatoms. The van der Waals surface area contributed by atoms with Crippen molar-refractivity contribution in [2.75, 3.05) is 13.7 Å². The molecule has 2 aromatic rings. The number of benzene rings is 2. The summed E-state index contributed by atoms with van der Waals surface area (Å²) in [4.78, 5) is 0. The summed E-state index contributed by atoms with van der Waals surface area (Å²) in [6.45, 7) is 0.653. The lowest BCUT2D eigenvalue weighted by atomic mass is 9.80. The fourth-order valence-electron chi connectivity index (χ4n) is 3.10. The molecule has 1 aliphatic rings. The standard InChI is InChI=1S/C19H20O2/c1-21-14-6-13-19(20)17-9-4-2-7-15(17)11-12-16-8-3-5-10-18(16)19/h2-5,7-12,20H,6,13-14H2,1H3. The van der Waals surface area contributed by atoms with Crippen molar-refractivity contribution in [3.8, 4) is 0 Å². The van der Waals surface area contributed by atoms with Gasteiger partial charge in [-0.3, -0.25) is 0 Å². The molecular formula is C19H20O2. The van der Waals surface area contributed by atoms with E-state index >= 15 is 0 Å². The molecule has 0 radical (unpaired) electrons. The summed E-state index contributed by atoms with van der Waals surface area (Å²) >= 11 is 0. The van der Waals surface area contributed by atoms with Crippen LogP contribution in [-0.2, 0) is 10.3 Å². The van der Waals surface area contributed by atoms with Crippen LogP contribution >= 0.6 is 0 Å². The van der Waals surface area contributed by atoms with Gasteiger partial charge in [-0.1, -0.05) is 60.7 Å². The first-order chi connectivity index (χ1) is 10.3. The largest absolute Gasteiger partial charge is 0.385 e. The lowest BCUT2D eigenvalue weighted by Gasteiger charge is -2.31. The van der Waals surface area contributed by atoms with Crippen molar-refractivity contribution in [3.63, 3.8) is 0 Å². The highest BCUT2D eigenvalue weighted by Gasteiger charge is 2.35. The normalized spacial score (nSPS) is 15.1. The number of methoxy groups -OCH3 is 1. The zero-order valence-corrected chi connectivity index (χ0v) is 12.3. The van der Waals surface area contributed by atoms with Crippen molar-refractivity contribution in [1.82, 2.24) is 0 Å². The van der Waals surface area contributed by atoms with Crippen molar-refractivity contribution in [1.29, 1.82) is 0 Å². The van der Waals surface area contributed by atoms with Gasteiger partial charge < -0.3 is 9.84 Å². The van der Waals surface area contributed by atoms with E-state index in [1.165, 1.54) is 0 Å². The third kappa shape index (κ3) is 2.53. The second-order valence-corrected chi connectivity index (χ2v) is 5.46. The highest BCUT2D eigenvalue weighted by atomic mass is 16.5. The molecule has 1 aliphatic carbocycles. The van der Waals surface area contributed by atoms with Crippen LogP contribution in [0.1, 0.15) is 35.1 Å². The molecule has 108 valence electrons. The molecule has 0 amide bonds. The van der Waals surface area contributed by atoms with Gasteiger partial charge in [0.2, 0.25) is 0 Å². The van der Waals surface area contributed by atoms with E-state index in [0.29, 0.717) is 13.0 Å². The second-order valence-electron chi connectivity index (χ2n) is 5.46. The highest BCUT2D eigenvalue weighted by molar-refractivity contribution is 5.77. The molecule has 0 saturated carbocycles. The Morgan fingerprint density at radius 1 is 0.905 bits per heavy atom. The maximum atomic E-state index is 11.5. The summed E-state index contributed by atoms with van der Waals surface area (Å²) < 4.78 is 5.16. The van der Waals surface area contributed by atoms with E-state index in [-0.39, 0.29) is 0 Å². The Morgan fingerprint density at radius 2 is 1.43 bits per heavy atom. The third-order valence-electron chi connectivity index (χ3n) is 4.14. The zero-order valence-electron chi connectivity index (χ0n) is 12.3. The van der Waals surface area contributed by atoms with Crippen LogP contribution in [0.25, 0.3) is 12.2 Å². The molecule has 0 aliphatic heterocycles. The molecule has 0 saturated heterocycles. The van der Waals surface area contributed by atoms with Crippen LogP contribution in [0.15, 0.2) is 48.5 Å². The van der Waals surface area contributed by atoms with Gasteiger partial charge in [-0.25, -0.2) is 0 Å². The number of aliphatic hydroxyl groups is 1. The van der Waals surface area contributed by atoms with Gasteiger partial charge in [0, 0.05) is 13.7 Å². The van der Waals surface area contributed by atoms with Crippen molar-refractivity contribution < 1.29 is 9.84 Å². The summed E-state index contributed by atoms with van der Waals surface area (Å²) in [6, 6.07) is 16.1. The van der Waals surface area contributed by atoms with E-state index < -0.39 is 5.60 Å². The van der Waals surface area contributed by atoms with E-state index in [1.54, 1.807) is 7.11 Å². The molecule has 3 rings (SSSR count). The summed E-state index contributed by atoms with van der Waals surface area (Å²) in [5.74, 6) is 0. The first kappa shape index (κ1) is 14.1. The average Bonchev–Trinajstić information content (AvgIpc) is 2.65. The molecule has 0 bridgehead atoms. The first-order valence-corrected chi connectivity index (χ1v) is 7.34. The molecule has 1 N–H and O–H groups in total. The van der Waals surface area contributed by atoms with Gasteiger partial charge in [0.15, 0.2) is 0 Å². The van der Waals surface area contributed by atoms with Gasteiger partial charge in [-0.05, 0) is 35.1 Å². The van der Waals surface area contributed by atoms with Crippen molar-refractivity contribution in [2.45, 2.75) is 18.4 Å². The smallest absolute Gasteiger partial charge is 0.116 e. The number of hydrogen-bond acceptors (Lipinski definition) is 2. The summed E-state index contributed by atoms with van der Waals surface area (Å²) in [5, 5.41) is 11.5. The van der Waals surface area contributed by atoms with Gasteiger partial charge in [-0.2, -0.15) is 0 Å². The van der Waals surface area contributed by atoms with Gasteiger partial charge in [0.25, 0.3) is 0 Å². The predicted molar refractivity (Wildman–Crippen MR) is 85.9 cm³/mol. The highest BCUT2D eigenvalue weighted by Crippen LogP contribution is 2.40. The molecular weight excluding hydrogens is 260 g/mol. The second kappa shape index (κ2) is 5.84. The lowest BCUT2D eigenvalue weighted by molar-refractivity contribution is 0.0583. The van der Waals surface area contributed by atoms with Gasteiger partial charge in [0.05, 0.1) is 0 Å². The Bertz CT molecular complexity index is 609. The van der Waals surface area contributed by atoms with E-state index in [9.17, 15) is 5.11 Å².